The van der Waals surface area contributed by atoms with E-state index in [0.717, 1.165) is 11.1 Å². The second-order valence-corrected chi connectivity index (χ2v) is 9.99. The van der Waals surface area contributed by atoms with E-state index >= 15 is 0 Å². The van der Waals surface area contributed by atoms with Crippen molar-refractivity contribution >= 4 is 34.6 Å². The molecule has 4 aromatic rings. The zero-order chi connectivity index (χ0) is 28.0. The summed E-state index contributed by atoms with van der Waals surface area (Å²) in [5.74, 6) is -0.776. The molecule has 0 fully saturated rings. The summed E-state index contributed by atoms with van der Waals surface area (Å²) in [5, 5.41) is 8.85. The van der Waals surface area contributed by atoms with Crippen molar-refractivity contribution < 1.29 is 18.7 Å². The summed E-state index contributed by atoms with van der Waals surface area (Å²) in [7, 11) is 0. The number of carbonyl (C=O) groups excluding carboxylic acids is 2. The van der Waals surface area contributed by atoms with Crippen LogP contribution in [0.2, 0.25) is 0 Å². The van der Waals surface area contributed by atoms with Crippen molar-refractivity contribution in [2.45, 2.75) is 45.8 Å². The minimum Gasteiger partial charge on any atom is -0.444 e. The predicted molar refractivity (Wildman–Crippen MR) is 149 cm³/mol. The number of pyridine rings is 1. The van der Waals surface area contributed by atoms with E-state index in [2.05, 4.69) is 25.9 Å². The Hall–Kier alpha value is -4.73. The van der Waals surface area contributed by atoms with Crippen molar-refractivity contribution in [3.63, 3.8) is 0 Å². The molecule has 4 rings (SSSR count). The molecule has 10 nitrogen and oxygen atoms in total. The monoisotopic (exact) mass is 529 g/mol. The van der Waals surface area contributed by atoms with Gasteiger partial charge in [0.2, 0.25) is 5.91 Å². The molecule has 0 aliphatic rings. The van der Waals surface area contributed by atoms with E-state index in [-0.39, 0.29) is 23.9 Å². The highest BCUT2D eigenvalue weighted by Gasteiger charge is 2.22. The van der Waals surface area contributed by atoms with Crippen LogP contribution in [0.5, 0.6) is 0 Å². The molecule has 2 aromatic carbocycles. The maximum atomic E-state index is 13.1. The third-order valence-corrected chi connectivity index (χ3v) is 5.86. The topological polar surface area (TPSA) is 135 Å². The molecule has 202 valence electrons. The number of fused-ring (bicyclic) bond motifs is 1. The molecule has 10 heteroatoms. The molecule has 0 saturated carbocycles. The number of nitrogens with one attached hydrogen (secondary N) is 3. The summed E-state index contributed by atoms with van der Waals surface area (Å²) < 4.78 is 10.7. The summed E-state index contributed by atoms with van der Waals surface area (Å²) in [4.78, 5) is 46.8. The zero-order valence-electron chi connectivity index (χ0n) is 22.3. The van der Waals surface area contributed by atoms with Crippen LogP contribution in [-0.4, -0.2) is 34.1 Å². The van der Waals surface area contributed by atoms with Crippen LogP contribution in [0, 0.1) is 6.92 Å². The van der Waals surface area contributed by atoms with E-state index in [1.54, 1.807) is 52.2 Å². The SMILES string of the molecule is Cc1c(NC(=O)OC(C)(C)C)ccc2nc(NCC(C(=O)NCc3cccnc3)c3ccccc3)oc(=O)c12. The van der Waals surface area contributed by atoms with E-state index < -0.39 is 23.2 Å². The Labute approximate surface area is 225 Å². The molecular weight excluding hydrogens is 498 g/mol. The van der Waals surface area contributed by atoms with E-state index in [0.29, 0.717) is 23.3 Å². The van der Waals surface area contributed by atoms with E-state index in [4.69, 9.17) is 9.15 Å². The van der Waals surface area contributed by atoms with Gasteiger partial charge in [-0.25, -0.2) is 9.59 Å². The summed E-state index contributed by atoms with van der Waals surface area (Å²) in [6.45, 7) is 7.46. The molecule has 2 aromatic heterocycles. The van der Waals surface area contributed by atoms with Crippen LogP contribution >= 0.6 is 0 Å². The number of nitrogens with zero attached hydrogens (tertiary/aromatic N) is 2. The third-order valence-electron chi connectivity index (χ3n) is 5.86. The maximum Gasteiger partial charge on any atom is 0.412 e. The average Bonchev–Trinajstić information content (AvgIpc) is 2.89. The van der Waals surface area contributed by atoms with Gasteiger partial charge in [0.05, 0.1) is 16.8 Å². The number of rotatable bonds is 8. The Kier molecular flexibility index (Phi) is 8.24. The van der Waals surface area contributed by atoms with Gasteiger partial charge in [-0.3, -0.25) is 15.1 Å². The van der Waals surface area contributed by atoms with Gasteiger partial charge < -0.3 is 19.8 Å². The smallest absolute Gasteiger partial charge is 0.412 e. The second kappa shape index (κ2) is 11.8. The van der Waals surface area contributed by atoms with Crippen molar-refractivity contribution in [2.75, 3.05) is 17.2 Å². The fourth-order valence-corrected chi connectivity index (χ4v) is 4.00. The van der Waals surface area contributed by atoms with Crippen molar-refractivity contribution in [3.05, 3.63) is 94.1 Å². The highest BCUT2D eigenvalue weighted by Crippen LogP contribution is 2.24. The largest absolute Gasteiger partial charge is 0.444 e. The molecule has 0 radical (unpaired) electrons. The Morgan fingerprint density at radius 3 is 2.51 bits per heavy atom. The van der Waals surface area contributed by atoms with E-state index in [1.165, 1.54) is 0 Å². The number of carbonyl (C=O) groups is 2. The number of hydrogen-bond donors (Lipinski definition) is 3. The van der Waals surface area contributed by atoms with E-state index in [9.17, 15) is 14.4 Å². The molecule has 1 atom stereocenters. The quantitative estimate of drug-likeness (QED) is 0.298. The van der Waals surface area contributed by atoms with Crippen molar-refractivity contribution in [1.82, 2.24) is 15.3 Å². The first-order valence-corrected chi connectivity index (χ1v) is 12.5. The second-order valence-electron chi connectivity index (χ2n) is 9.99. The lowest BCUT2D eigenvalue weighted by Gasteiger charge is -2.20. The lowest BCUT2D eigenvalue weighted by molar-refractivity contribution is -0.122. The van der Waals surface area contributed by atoms with Gasteiger partial charge in [-0.05, 0) is 62.6 Å². The van der Waals surface area contributed by atoms with Crippen LogP contribution in [0.15, 0.2) is 76.2 Å². The number of hydrogen-bond acceptors (Lipinski definition) is 8. The molecule has 0 aliphatic carbocycles. The van der Waals surface area contributed by atoms with Gasteiger partial charge in [0.1, 0.15) is 5.60 Å². The highest BCUT2D eigenvalue weighted by atomic mass is 16.6. The molecule has 0 spiro atoms. The van der Waals surface area contributed by atoms with Crippen LogP contribution < -0.4 is 21.6 Å². The lowest BCUT2D eigenvalue weighted by Crippen LogP contribution is -2.33. The van der Waals surface area contributed by atoms with E-state index in [1.807, 2.05) is 42.5 Å². The first-order chi connectivity index (χ1) is 18.6. The summed E-state index contributed by atoms with van der Waals surface area (Å²) in [6, 6.07) is 16.3. The Morgan fingerprint density at radius 1 is 1.05 bits per heavy atom. The van der Waals surface area contributed by atoms with Gasteiger partial charge in [0, 0.05) is 31.2 Å². The standard InChI is InChI=1S/C29H31N5O5/c1-18-22(34-28(37)39-29(2,3)4)12-13-23-24(18)26(36)38-27(33-23)32-17-21(20-10-6-5-7-11-20)25(35)31-16-19-9-8-14-30-15-19/h5-15,21H,16-17H2,1-4H3,(H,31,35)(H,32,33)(H,34,37). The Bertz CT molecular complexity index is 1510. The molecule has 2 amide bonds. The maximum absolute atomic E-state index is 13.1. The van der Waals surface area contributed by atoms with Gasteiger partial charge in [0.25, 0.3) is 6.01 Å². The minimum absolute atomic E-state index is 0.0132. The van der Waals surface area contributed by atoms with Gasteiger partial charge in [-0.1, -0.05) is 36.4 Å². The molecular formula is C29H31N5O5. The number of amides is 2. The third kappa shape index (κ3) is 7.19. The van der Waals surface area contributed by atoms with Crippen LogP contribution in [-0.2, 0) is 16.1 Å². The molecule has 3 N–H and O–H groups in total. The van der Waals surface area contributed by atoms with Crippen molar-refractivity contribution in [1.29, 1.82) is 0 Å². The first kappa shape index (κ1) is 27.3. The average molecular weight is 530 g/mol. The van der Waals surface area contributed by atoms with Crippen LogP contribution in [0.3, 0.4) is 0 Å². The molecule has 39 heavy (non-hydrogen) atoms. The first-order valence-electron chi connectivity index (χ1n) is 12.5. The molecule has 0 saturated heterocycles. The lowest BCUT2D eigenvalue weighted by atomic mass is 9.98. The summed E-state index contributed by atoms with van der Waals surface area (Å²) in [5.41, 5.74) is 1.70. The molecule has 2 heterocycles. The fraction of sp³-hybridized carbons (Fsp3) is 0.276. The Morgan fingerprint density at radius 2 is 1.82 bits per heavy atom. The van der Waals surface area contributed by atoms with Gasteiger partial charge in [-0.2, -0.15) is 4.98 Å². The zero-order valence-corrected chi connectivity index (χ0v) is 22.3. The van der Waals surface area contributed by atoms with Crippen molar-refractivity contribution in [3.8, 4) is 0 Å². The molecule has 0 bridgehead atoms. The van der Waals surface area contributed by atoms with Crippen LogP contribution in [0.1, 0.15) is 43.4 Å². The number of ether oxygens (including phenoxy) is 1. The normalized spacial score (nSPS) is 12.0. The fourth-order valence-electron chi connectivity index (χ4n) is 4.00. The van der Waals surface area contributed by atoms with Gasteiger partial charge in [0.15, 0.2) is 0 Å². The Balaban J connectivity index is 1.52. The molecule has 0 aliphatic heterocycles. The minimum atomic E-state index is -0.663. The number of anilines is 2. The molecule has 1 unspecified atom stereocenters. The summed E-state index contributed by atoms with van der Waals surface area (Å²) >= 11 is 0. The number of aryl methyl sites for hydroxylation is 1. The summed E-state index contributed by atoms with van der Waals surface area (Å²) in [6.07, 6.45) is 2.74. The number of benzene rings is 2. The van der Waals surface area contributed by atoms with Gasteiger partial charge in [-0.15, -0.1) is 0 Å². The van der Waals surface area contributed by atoms with Crippen molar-refractivity contribution in [2.24, 2.45) is 0 Å². The predicted octanol–water partition coefficient (Wildman–Crippen LogP) is 4.75. The number of aromatic nitrogens is 2. The van der Waals surface area contributed by atoms with Gasteiger partial charge >= 0.3 is 11.7 Å². The van der Waals surface area contributed by atoms with Crippen LogP contribution in [0.25, 0.3) is 10.9 Å². The highest BCUT2D eigenvalue weighted by molar-refractivity contribution is 5.93. The van der Waals surface area contributed by atoms with Crippen LogP contribution in [0.4, 0.5) is 16.5 Å².